The van der Waals surface area contributed by atoms with Crippen LogP contribution in [0.4, 0.5) is 0 Å². The van der Waals surface area contributed by atoms with Crippen molar-refractivity contribution >= 4 is 29.9 Å². The van der Waals surface area contributed by atoms with Crippen LogP contribution < -0.4 is 10.6 Å². The van der Waals surface area contributed by atoms with Crippen molar-refractivity contribution < 1.29 is 4.52 Å². The van der Waals surface area contributed by atoms with Crippen LogP contribution in [0.5, 0.6) is 0 Å². The third kappa shape index (κ3) is 9.07. The van der Waals surface area contributed by atoms with Crippen LogP contribution in [-0.2, 0) is 13.1 Å². The summed E-state index contributed by atoms with van der Waals surface area (Å²) in [6, 6.07) is 12.8. The monoisotopic (exact) mass is 554 g/mol. The van der Waals surface area contributed by atoms with Gasteiger partial charge in [-0.15, -0.1) is 24.0 Å². The van der Waals surface area contributed by atoms with E-state index in [4.69, 9.17) is 4.52 Å². The van der Waals surface area contributed by atoms with Gasteiger partial charge in [0.05, 0.1) is 5.69 Å². The molecule has 0 amide bonds. The van der Waals surface area contributed by atoms with Crippen LogP contribution in [0.2, 0.25) is 0 Å². The van der Waals surface area contributed by atoms with Gasteiger partial charge in [-0.25, -0.2) is 4.99 Å². The smallest absolute Gasteiger partial charge is 0.191 e. The van der Waals surface area contributed by atoms with E-state index in [1.54, 1.807) is 0 Å². The average Bonchev–Trinajstić information content (AvgIpc) is 3.26. The highest BCUT2D eigenvalue weighted by atomic mass is 127. The minimum absolute atomic E-state index is 0. The molecule has 1 aromatic carbocycles. The molecule has 0 atom stereocenters. The summed E-state index contributed by atoms with van der Waals surface area (Å²) in [5.74, 6) is 2.00. The highest BCUT2D eigenvalue weighted by molar-refractivity contribution is 14.0. The van der Waals surface area contributed by atoms with Crippen LogP contribution in [0.25, 0.3) is 0 Å². The summed E-state index contributed by atoms with van der Waals surface area (Å²) < 4.78 is 5.38. The molecule has 8 heteroatoms. The Balaban J connectivity index is 0.00000363. The van der Waals surface area contributed by atoms with Crippen molar-refractivity contribution in [2.45, 2.75) is 46.2 Å². The molecule has 1 aliphatic rings. The number of benzene rings is 1. The molecule has 1 aromatic heterocycles. The lowest BCUT2D eigenvalue weighted by atomic mass is 10.1. The average molecular weight is 555 g/mol. The number of nitrogens with one attached hydrogen (secondary N) is 2. The van der Waals surface area contributed by atoms with Gasteiger partial charge in [-0.05, 0) is 31.4 Å². The molecule has 0 spiro atoms. The minimum atomic E-state index is 0. The van der Waals surface area contributed by atoms with Crippen molar-refractivity contribution in [3.8, 4) is 0 Å². The number of piperazine rings is 1. The standard InChI is InChI=1S/C24H38N6O.HI/c1-4-25-24(27-18-22-17-23(20(2)3)28-31-22)26-11-8-12-29-13-15-30(16-14-29)19-21-9-6-5-7-10-21;/h5-7,9-10,17,20H,4,8,11-16,18-19H2,1-3H3,(H2,25,26,27);1H. The Kier molecular flexibility index (Phi) is 12.0. The topological polar surface area (TPSA) is 68.9 Å². The number of hydrogen-bond donors (Lipinski definition) is 2. The Labute approximate surface area is 210 Å². The molecule has 7 nitrogen and oxygen atoms in total. The first-order valence-electron chi connectivity index (χ1n) is 11.6. The molecule has 0 radical (unpaired) electrons. The molecular formula is C24H39IN6O. The molecule has 0 aliphatic carbocycles. The highest BCUT2D eigenvalue weighted by Crippen LogP contribution is 2.14. The Bertz CT molecular complexity index is 787. The van der Waals surface area contributed by atoms with E-state index in [1.165, 1.54) is 5.56 Å². The zero-order valence-corrected chi connectivity index (χ0v) is 22.0. The largest absolute Gasteiger partial charge is 0.359 e. The van der Waals surface area contributed by atoms with Crippen LogP contribution in [0.15, 0.2) is 45.9 Å². The van der Waals surface area contributed by atoms with Crippen molar-refractivity contribution in [2.75, 3.05) is 45.8 Å². The molecule has 2 aromatic rings. The Hall–Kier alpha value is -1.65. The maximum absolute atomic E-state index is 5.38. The highest BCUT2D eigenvalue weighted by Gasteiger charge is 2.16. The summed E-state index contributed by atoms with van der Waals surface area (Å²) in [6.45, 7) is 15.3. The van der Waals surface area contributed by atoms with Crippen molar-refractivity contribution in [1.29, 1.82) is 0 Å². The van der Waals surface area contributed by atoms with Gasteiger partial charge < -0.3 is 20.1 Å². The van der Waals surface area contributed by atoms with Crippen LogP contribution >= 0.6 is 24.0 Å². The Morgan fingerprint density at radius 2 is 1.81 bits per heavy atom. The number of halogens is 1. The van der Waals surface area contributed by atoms with E-state index < -0.39 is 0 Å². The van der Waals surface area contributed by atoms with Gasteiger partial charge in [0.2, 0.25) is 0 Å². The molecule has 0 bridgehead atoms. The van der Waals surface area contributed by atoms with Gasteiger partial charge in [0, 0.05) is 51.9 Å². The van der Waals surface area contributed by atoms with Gasteiger partial charge in [0.25, 0.3) is 0 Å². The summed E-state index contributed by atoms with van der Waals surface area (Å²) in [5.41, 5.74) is 2.38. The predicted octanol–water partition coefficient (Wildman–Crippen LogP) is 3.68. The van der Waals surface area contributed by atoms with Gasteiger partial charge in [0.1, 0.15) is 6.54 Å². The van der Waals surface area contributed by atoms with Crippen molar-refractivity contribution in [3.05, 3.63) is 53.4 Å². The van der Waals surface area contributed by atoms with Gasteiger partial charge >= 0.3 is 0 Å². The third-order valence-corrected chi connectivity index (χ3v) is 5.56. The lowest BCUT2D eigenvalue weighted by molar-refractivity contribution is 0.126. The van der Waals surface area contributed by atoms with E-state index >= 15 is 0 Å². The van der Waals surface area contributed by atoms with E-state index in [1.807, 2.05) is 6.07 Å². The van der Waals surface area contributed by atoms with Crippen LogP contribution in [-0.4, -0.2) is 66.7 Å². The first-order valence-corrected chi connectivity index (χ1v) is 11.6. The summed E-state index contributed by atoms with van der Waals surface area (Å²) in [5, 5.41) is 10.8. The van der Waals surface area contributed by atoms with E-state index in [2.05, 4.69) is 81.7 Å². The van der Waals surface area contributed by atoms with Gasteiger partial charge in [-0.1, -0.05) is 49.3 Å². The second kappa shape index (κ2) is 14.5. The normalized spacial score (nSPS) is 15.6. The number of nitrogens with zero attached hydrogens (tertiary/aromatic N) is 4. The van der Waals surface area contributed by atoms with Crippen LogP contribution in [0.1, 0.15) is 50.1 Å². The molecule has 2 heterocycles. The quantitative estimate of drug-likeness (QED) is 0.202. The van der Waals surface area contributed by atoms with Crippen molar-refractivity contribution in [2.24, 2.45) is 4.99 Å². The minimum Gasteiger partial charge on any atom is -0.359 e. The lowest BCUT2D eigenvalue weighted by Gasteiger charge is -2.34. The number of aliphatic imine (C=N–C) groups is 1. The molecule has 178 valence electrons. The van der Waals surface area contributed by atoms with Gasteiger partial charge in [-0.3, -0.25) is 4.90 Å². The molecular weight excluding hydrogens is 515 g/mol. The lowest BCUT2D eigenvalue weighted by Crippen LogP contribution is -2.46. The number of aromatic nitrogens is 1. The van der Waals surface area contributed by atoms with E-state index in [9.17, 15) is 0 Å². The second-order valence-corrected chi connectivity index (χ2v) is 8.45. The Morgan fingerprint density at radius 3 is 2.47 bits per heavy atom. The summed E-state index contributed by atoms with van der Waals surface area (Å²) in [7, 11) is 0. The van der Waals surface area contributed by atoms with Crippen molar-refractivity contribution in [3.63, 3.8) is 0 Å². The number of rotatable bonds is 10. The predicted molar refractivity (Wildman–Crippen MR) is 142 cm³/mol. The van der Waals surface area contributed by atoms with Crippen molar-refractivity contribution in [1.82, 2.24) is 25.6 Å². The fraction of sp³-hybridized carbons (Fsp3) is 0.583. The maximum Gasteiger partial charge on any atom is 0.191 e. The number of hydrogen-bond acceptors (Lipinski definition) is 5. The zero-order valence-electron chi connectivity index (χ0n) is 19.7. The molecule has 1 aliphatic heterocycles. The van der Waals surface area contributed by atoms with Crippen LogP contribution in [0.3, 0.4) is 0 Å². The molecule has 2 N–H and O–H groups in total. The van der Waals surface area contributed by atoms with E-state index in [0.717, 1.165) is 76.2 Å². The first-order chi connectivity index (χ1) is 15.1. The fourth-order valence-corrected chi connectivity index (χ4v) is 3.70. The number of guanidine groups is 1. The summed E-state index contributed by atoms with van der Waals surface area (Å²) >= 11 is 0. The fourth-order valence-electron chi connectivity index (χ4n) is 3.70. The summed E-state index contributed by atoms with van der Waals surface area (Å²) in [6.07, 6.45) is 1.10. The zero-order chi connectivity index (χ0) is 21.9. The molecule has 0 saturated carbocycles. The molecule has 1 fully saturated rings. The second-order valence-electron chi connectivity index (χ2n) is 8.45. The SMILES string of the molecule is CCNC(=NCc1cc(C(C)C)no1)NCCCN1CCN(Cc2ccccc2)CC1.I. The first kappa shape index (κ1) is 26.6. The molecule has 3 rings (SSSR count). The van der Waals surface area contributed by atoms with Gasteiger partial charge in [0.15, 0.2) is 11.7 Å². The molecule has 1 saturated heterocycles. The molecule has 0 unspecified atom stereocenters. The summed E-state index contributed by atoms with van der Waals surface area (Å²) in [4.78, 5) is 9.75. The maximum atomic E-state index is 5.38. The van der Waals surface area contributed by atoms with Crippen LogP contribution in [0, 0.1) is 0 Å². The molecule has 32 heavy (non-hydrogen) atoms. The Morgan fingerprint density at radius 1 is 1.09 bits per heavy atom. The third-order valence-electron chi connectivity index (χ3n) is 5.56. The van der Waals surface area contributed by atoms with E-state index in [0.29, 0.717) is 12.5 Å². The van der Waals surface area contributed by atoms with Gasteiger partial charge in [-0.2, -0.15) is 0 Å². The van der Waals surface area contributed by atoms with E-state index in [-0.39, 0.29) is 24.0 Å².